The molecule has 0 nitrogen and oxygen atoms in total. The number of halogens is 3. The molecule has 0 aromatic heterocycles. The van der Waals surface area contributed by atoms with Crippen LogP contribution in [0.5, 0.6) is 0 Å². The van der Waals surface area contributed by atoms with Gasteiger partial charge in [0.25, 0.3) is 0 Å². The summed E-state index contributed by atoms with van der Waals surface area (Å²) in [5.41, 5.74) is 5.40. The zero-order valence-electron chi connectivity index (χ0n) is 3.21. The molecule has 0 aliphatic heterocycles. The van der Waals surface area contributed by atoms with E-state index in [1.165, 1.54) is 0 Å². The van der Waals surface area contributed by atoms with Gasteiger partial charge in [-0.05, 0) is 0 Å². The third-order valence-electron chi connectivity index (χ3n) is 0.192. The molecule has 0 atom stereocenters. The molecule has 6 heavy (non-hydrogen) atoms. The number of alkyl halides is 3. The van der Waals surface area contributed by atoms with Crippen LogP contribution in [0.4, 0.5) is 0 Å². The van der Waals surface area contributed by atoms with Crippen molar-refractivity contribution in [1.82, 2.24) is 0 Å². The Morgan fingerprint density at radius 2 is 1.83 bits per heavy atom. The van der Waals surface area contributed by atoms with Gasteiger partial charge in [0.2, 0.25) is 0 Å². The van der Waals surface area contributed by atoms with Gasteiger partial charge < -0.3 is 0 Å². The molecule has 0 saturated carbocycles. The SMILES string of the molecule is [B][I-]C(C)(I)I. The molecule has 36 valence electrons. The van der Waals surface area contributed by atoms with Crippen LogP contribution in [0.1, 0.15) is 6.92 Å². The van der Waals surface area contributed by atoms with E-state index in [4.69, 9.17) is 5.70 Å². The van der Waals surface area contributed by atoms with E-state index in [0.29, 0.717) is -0.565 Å². The molecule has 0 amide bonds. The average Bonchev–Trinajstić information content (AvgIpc) is 1.35. The van der Waals surface area contributed by atoms with Crippen molar-refractivity contribution in [2.24, 2.45) is 0 Å². The molecule has 0 aliphatic rings. The zero-order chi connectivity index (χ0) is 5.21. The Balaban J connectivity index is 3.17. The average molecular weight is 419 g/mol. The summed E-state index contributed by atoms with van der Waals surface area (Å²) in [5, 5.41) is 0. The molecule has 0 fully saturated rings. The second-order valence-corrected chi connectivity index (χ2v) is 14.2. The predicted molar refractivity (Wildman–Crippen MR) is 42.2 cm³/mol. The van der Waals surface area contributed by atoms with Crippen LogP contribution in [0.15, 0.2) is 0 Å². The third-order valence-corrected chi connectivity index (χ3v) is 4.44. The van der Waals surface area contributed by atoms with Gasteiger partial charge in [-0.1, -0.05) is 0 Å². The van der Waals surface area contributed by atoms with E-state index in [9.17, 15) is 0 Å². The van der Waals surface area contributed by atoms with E-state index < -0.39 is 0 Å². The molecule has 0 aliphatic carbocycles. The minimum atomic E-state index is -0.0625. The fraction of sp³-hybridized carbons (Fsp3) is 1.00. The molecule has 0 heterocycles. The fourth-order valence-electron chi connectivity index (χ4n) is 0. The quantitative estimate of drug-likeness (QED) is 0.282. The molecule has 0 rings (SSSR count). The molecule has 0 saturated heterocycles. The topological polar surface area (TPSA) is 0 Å². The van der Waals surface area contributed by atoms with Crippen LogP contribution in [0, 0.1) is 0 Å². The Hall–Kier alpha value is 2.25. The molecule has 4 heteroatoms. The zero-order valence-corrected chi connectivity index (χ0v) is 9.68. The van der Waals surface area contributed by atoms with Gasteiger partial charge in [0, 0.05) is 0 Å². The second-order valence-electron chi connectivity index (χ2n) is 0.890. The maximum atomic E-state index is 5.40. The molecule has 0 spiro atoms. The van der Waals surface area contributed by atoms with Crippen LogP contribution in [-0.2, 0) is 0 Å². The van der Waals surface area contributed by atoms with E-state index in [0.717, 1.165) is 0 Å². The maximum absolute atomic E-state index is 5.40. The van der Waals surface area contributed by atoms with E-state index >= 15 is 0 Å². The van der Waals surface area contributed by atoms with Crippen LogP contribution in [0.2, 0.25) is 0 Å². The van der Waals surface area contributed by atoms with Crippen molar-refractivity contribution in [3.63, 3.8) is 0 Å². The summed E-state index contributed by atoms with van der Waals surface area (Å²) >= 11 is 4.64. The fourth-order valence-corrected chi connectivity index (χ4v) is 0. The van der Waals surface area contributed by atoms with Gasteiger partial charge in [0.1, 0.15) is 0 Å². The first-order valence-electron chi connectivity index (χ1n) is 1.29. The van der Waals surface area contributed by atoms with Gasteiger partial charge in [0.05, 0.1) is 0 Å². The van der Waals surface area contributed by atoms with E-state index in [1.54, 1.807) is 0 Å². The van der Waals surface area contributed by atoms with Crippen molar-refractivity contribution in [2.45, 2.75) is 6.36 Å². The Morgan fingerprint density at radius 3 is 1.83 bits per heavy atom. The van der Waals surface area contributed by atoms with Crippen molar-refractivity contribution in [1.29, 1.82) is 0 Å². The molecule has 0 N–H and O–H groups in total. The van der Waals surface area contributed by atoms with Crippen LogP contribution in [-0.4, -0.2) is 5.14 Å². The first-order chi connectivity index (χ1) is 2.56. The third kappa shape index (κ3) is 6.25. The van der Waals surface area contributed by atoms with Crippen molar-refractivity contribution in [2.75, 3.05) is 0 Å². The molecular weight excluding hydrogens is 416 g/mol. The van der Waals surface area contributed by atoms with Crippen molar-refractivity contribution in [3.8, 4) is 0 Å². The van der Waals surface area contributed by atoms with Gasteiger partial charge >= 0.3 is 78.2 Å². The molecule has 0 aromatic carbocycles. The van der Waals surface area contributed by atoms with E-state index in [-0.39, 0.29) is 21.0 Å². The monoisotopic (exact) mass is 419 g/mol. The van der Waals surface area contributed by atoms with Crippen molar-refractivity contribution < 1.29 is 21.0 Å². The summed E-state index contributed by atoms with van der Waals surface area (Å²) in [6.45, 7) is 2.14. The van der Waals surface area contributed by atoms with Crippen LogP contribution < -0.4 is 21.0 Å². The Morgan fingerprint density at radius 1 is 1.67 bits per heavy atom. The van der Waals surface area contributed by atoms with Crippen LogP contribution in [0.25, 0.3) is 0 Å². The molecule has 0 aromatic rings. The Labute approximate surface area is 76.9 Å². The van der Waals surface area contributed by atoms with Gasteiger partial charge in [-0.15, -0.1) is 0 Å². The first kappa shape index (κ1) is 8.25. The van der Waals surface area contributed by atoms with Crippen LogP contribution in [0.3, 0.4) is 0 Å². The molecule has 2 radical (unpaired) electrons. The Kier molecular flexibility index (Phi) is 4.56. The van der Waals surface area contributed by atoms with Gasteiger partial charge in [-0.3, -0.25) is 0 Å². The summed E-state index contributed by atoms with van der Waals surface area (Å²) in [4.78, 5) is 0. The number of rotatable bonds is 1. The standard InChI is InChI=1S/C2H3BI3/c1-2(4,5)6-3/h1H3/q-1. The summed E-state index contributed by atoms with van der Waals surface area (Å²) in [7, 11) is 0. The summed E-state index contributed by atoms with van der Waals surface area (Å²) in [5.74, 6) is 0. The first-order valence-corrected chi connectivity index (χ1v) is 5.77. The summed E-state index contributed by atoms with van der Waals surface area (Å²) < 4.78 is 0.369. The number of hydrogen-bond acceptors (Lipinski definition) is 0. The minimum absolute atomic E-state index is 0.0625. The summed E-state index contributed by atoms with van der Waals surface area (Å²) in [6.07, 6.45) is 0. The summed E-state index contributed by atoms with van der Waals surface area (Å²) in [6, 6.07) is 0. The van der Waals surface area contributed by atoms with Gasteiger partial charge in [0.15, 0.2) is 0 Å². The second kappa shape index (κ2) is 3.31. The van der Waals surface area contributed by atoms with Crippen molar-refractivity contribution in [3.05, 3.63) is 0 Å². The normalized spacial score (nSPS) is 12.5. The Bertz CT molecular complexity index is 38.5. The van der Waals surface area contributed by atoms with Crippen molar-refractivity contribution >= 4 is 50.9 Å². The number of hydrogen-bond donors (Lipinski definition) is 0. The van der Waals surface area contributed by atoms with E-state index in [1.807, 2.05) is 0 Å². The van der Waals surface area contributed by atoms with Gasteiger partial charge in [-0.25, -0.2) is 0 Å². The molecular formula is C2H3BI3-. The molecule has 0 unspecified atom stereocenters. The van der Waals surface area contributed by atoms with E-state index in [2.05, 4.69) is 52.1 Å². The predicted octanol–water partition coefficient (Wildman–Crippen LogP) is -1.30. The molecule has 0 bridgehead atoms. The van der Waals surface area contributed by atoms with Crippen LogP contribution >= 0.6 is 45.2 Å². The van der Waals surface area contributed by atoms with Gasteiger partial charge in [-0.2, -0.15) is 0 Å².